The van der Waals surface area contributed by atoms with Crippen LogP contribution in [0.1, 0.15) is 49.3 Å². The molecule has 0 spiro atoms. The Morgan fingerprint density at radius 2 is 2.05 bits per heavy atom. The SMILES string of the molecule is CCc1nn(C)c(CC)c1CN[C@H](C)c1cccc(O)c1. The summed E-state index contributed by atoms with van der Waals surface area (Å²) in [7, 11) is 2.01. The van der Waals surface area contributed by atoms with E-state index >= 15 is 0 Å². The Morgan fingerprint density at radius 1 is 1.29 bits per heavy atom. The molecular weight excluding hydrogens is 262 g/mol. The topological polar surface area (TPSA) is 50.1 Å². The van der Waals surface area contributed by atoms with Crippen LogP contribution in [0.15, 0.2) is 24.3 Å². The van der Waals surface area contributed by atoms with Crippen molar-refractivity contribution in [2.24, 2.45) is 7.05 Å². The summed E-state index contributed by atoms with van der Waals surface area (Å²) < 4.78 is 1.99. The fraction of sp³-hybridized carbons (Fsp3) is 0.471. The van der Waals surface area contributed by atoms with Crippen LogP contribution in [0, 0.1) is 0 Å². The molecule has 0 radical (unpaired) electrons. The van der Waals surface area contributed by atoms with Gasteiger partial charge in [-0.2, -0.15) is 5.10 Å². The van der Waals surface area contributed by atoms with Crippen LogP contribution >= 0.6 is 0 Å². The van der Waals surface area contributed by atoms with Crippen LogP contribution in [0.4, 0.5) is 0 Å². The van der Waals surface area contributed by atoms with Gasteiger partial charge in [-0.15, -0.1) is 0 Å². The molecule has 4 nitrogen and oxygen atoms in total. The van der Waals surface area contributed by atoms with Crippen LogP contribution < -0.4 is 5.32 Å². The predicted molar refractivity (Wildman–Crippen MR) is 85.3 cm³/mol. The van der Waals surface area contributed by atoms with Gasteiger partial charge in [-0.1, -0.05) is 26.0 Å². The van der Waals surface area contributed by atoms with E-state index in [0.29, 0.717) is 5.75 Å². The number of aromatic nitrogens is 2. The summed E-state index contributed by atoms with van der Waals surface area (Å²) in [6, 6.07) is 7.60. The van der Waals surface area contributed by atoms with Gasteiger partial charge < -0.3 is 10.4 Å². The molecule has 2 N–H and O–H groups in total. The zero-order valence-electron chi connectivity index (χ0n) is 13.3. The average Bonchev–Trinajstić information content (AvgIpc) is 2.79. The number of rotatable bonds is 6. The Morgan fingerprint density at radius 3 is 2.67 bits per heavy atom. The first-order valence-corrected chi connectivity index (χ1v) is 7.62. The number of nitrogens with one attached hydrogen (secondary N) is 1. The second-order valence-corrected chi connectivity index (χ2v) is 5.40. The highest BCUT2D eigenvalue weighted by atomic mass is 16.3. The van der Waals surface area contributed by atoms with Gasteiger partial charge in [-0.25, -0.2) is 0 Å². The lowest BCUT2D eigenvalue weighted by molar-refractivity contribution is 0.472. The highest BCUT2D eigenvalue weighted by Crippen LogP contribution is 2.20. The Bertz CT molecular complexity index is 604. The number of hydrogen-bond acceptors (Lipinski definition) is 3. The molecule has 0 fully saturated rings. The van der Waals surface area contributed by atoms with E-state index in [4.69, 9.17) is 0 Å². The van der Waals surface area contributed by atoms with E-state index in [-0.39, 0.29) is 6.04 Å². The van der Waals surface area contributed by atoms with E-state index in [9.17, 15) is 5.11 Å². The Kier molecular flexibility index (Phi) is 5.02. The van der Waals surface area contributed by atoms with Crippen molar-refractivity contribution in [3.8, 4) is 5.75 Å². The molecule has 4 heteroatoms. The molecule has 0 unspecified atom stereocenters. The Balaban J connectivity index is 2.12. The standard InChI is InChI=1S/C17H25N3O/c1-5-16-15(17(6-2)20(4)19-16)11-18-12(3)13-8-7-9-14(21)10-13/h7-10,12,18,21H,5-6,11H2,1-4H3/t12-/m1/s1. The first kappa shape index (κ1) is 15.6. The summed E-state index contributed by atoms with van der Waals surface area (Å²) in [5.41, 5.74) is 4.87. The normalized spacial score (nSPS) is 12.6. The van der Waals surface area contributed by atoms with Crippen molar-refractivity contribution in [3.63, 3.8) is 0 Å². The molecule has 0 aliphatic rings. The van der Waals surface area contributed by atoms with Gasteiger partial charge in [0.05, 0.1) is 5.69 Å². The van der Waals surface area contributed by atoms with Crippen LogP contribution in [0.5, 0.6) is 5.75 Å². The lowest BCUT2D eigenvalue weighted by atomic mass is 10.1. The van der Waals surface area contributed by atoms with Crippen molar-refractivity contribution in [1.82, 2.24) is 15.1 Å². The van der Waals surface area contributed by atoms with E-state index < -0.39 is 0 Å². The zero-order chi connectivity index (χ0) is 15.4. The van der Waals surface area contributed by atoms with Gasteiger partial charge in [0.2, 0.25) is 0 Å². The highest BCUT2D eigenvalue weighted by molar-refractivity contribution is 5.30. The van der Waals surface area contributed by atoms with Gasteiger partial charge >= 0.3 is 0 Å². The number of aromatic hydroxyl groups is 1. The van der Waals surface area contributed by atoms with Crippen LogP contribution in [-0.2, 0) is 26.4 Å². The van der Waals surface area contributed by atoms with Crippen molar-refractivity contribution < 1.29 is 5.11 Å². The van der Waals surface area contributed by atoms with Crippen molar-refractivity contribution >= 4 is 0 Å². The molecule has 1 heterocycles. The fourth-order valence-electron chi connectivity index (χ4n) is 2.76. The number of benzene rings is 1. The molecule has 1 atom stereocenters. The summed E-state index contributed by atoms with van der Waals surface area (Å²) in [4.78, 5) is 0. The maximum Gasteiger partial charge on any atom is 0.115 e. The quantitative estimate of drug-likeness (QED) is 0.858. The minimum absolute atomic E-state index is 0.187. The number of phenols is 1. The third-order valence-electron chi connectivity index (χ3n) is 3.98. The van der Waals surface area contributed by atoms with E-state index in [0.717, 1.165) is 24.9 Å². The average molecular weight is 287 g/mol. The van der Waals surface area contributed by atoms with Gasteiger partial charge in [-0.05, 0) is 37.5 Å². The lowest BCUT2D eigenvalue weighted by Gasteiger charge is -2.15. The number of nitrogens with zero attached hydrogens (tertiary/aromatic N) is 2. The van der Waals surface area contributed by atoms with Crippen LogP contribution in [0.25, 0.3) is 0 Å². The fourth-order valence-corrected chi connectivity index (χ4v) is 2.76. The first-order chi connectivity index (χ1) is 10.1. The minimum Gasteiger partial charge on any atom is -0.508 e. The summed E-state index contributed by atoms with van der Waals surface area (Å²) in [6.07, 6.45) is 1.94. The van der Waals surface area contributed by atoms with Gasteiger partial charge in [0.25, 0.3) is 0 Å². The predicted octanol–water partition coefficient (Wildman–Crippen LogP) is 3.10. The van der Waals surface area contributed by atoms with Gasteiger partial charge in [0.1, 0.15) is 5.75 Å². The van der Waals surface area contributed by atoms with E-state index in [1.54, 1.807) is 6.07 Å². The van der Waals surface area contributed by atoms with Crippen molar-refractivity contribution in [1.29, 1.82) is 0 Å². The largest absolute Gasteiger partial charge is 0.508 e. The Hall–Kier alpha value is -1.81. The number of phenolic OH excluding ortho intramolecular Hbond substituents is 1. The third-order valence-corrected chi connectivity index (χ3v) is 3.98. The third kappa shape index (κ3) is 3.45. The highest BCUT2D eigenvalue weighted by Gasteiger charge is 2.14. The second-order valence-electron chi connectivity index (χ2n) is 5.40. The van der Waals surface area contributed by atoms with Crippen molar-refractivity contribution in [3.05, 3.63) is 46.8 Å². The molecule has 21 heavy (non-hydrogen) atoms. The van der Waals surface area contributed by atoms with E-state index in [2.05, 4.69) is 31.2 Å². The lowest BCUT2D eigenvalue weighted by Crippen LogP contribution is -2.19. The molecule has 2 rings (SSSR count). The van der Waals surface area contributed by atoms with Crippen molar-refractivity contribution in [2.75, 3.05) is 0 Å². The smallest absolute Gasteiger partial charge is 0.115 e. The molecule has 2 aromatic rings. The van der Waals surface area contributed by atoms with E-state index in [1.165, 1.54) is 17.0 Å². The van der Waals surface area contributed by atoms with E-state index in [1.807, 2.05) is 29.9 Å². The summed E-state index contributed by atoms with van der Waals surface area (Å²) in [5.74, 6) is 0.311. The molecule has 0 saturated carbocycles. The molecule has 0 amide bonds. The minimum atomic E-state index is 0.187. The molecule has 114 valence electrons. The summed E-state index contributed by atoms with van der Waals surface area (Å²) in [5, 5.41) is 17.7. The molecule has 1 aromatic carbocycles. The number of hydrogen-bond donors (Lipinski definition) is 2. The van der Waals surface area contributed by atoms with Crippen LogP contribution in [0.3, 0.4) is 0 Å². The monoisotopic (exact) mass is 287 g/mol. The summed E-state index contributed by atoms with van der Waals surface area (Å²) in [6.45, 7) is 7.22. The van der Waals surface area contributed by atoms with Gasteiger partial charge in [0.15, 0.2) is 0 Å². The molecule has 0 aliphatic carbocycles. The maximum absolute atomic E-state index is 9.57. The molecular formula is C17H25N3O. The number of aryl methyl sites for hydroxylation is 2. The van der Waals surface area contributed by atoms with Crippen molar-refractivity contribution in [2.45, 2.75) is 46.2 Å². The molecule has 0 saturated heterocycles. The zero-order valence-corrected chi connectivity index (χ0v) is 13.3. The first-order valence-electron chi connectivity index (χ1n) is 7.62. The van der Waals surface area contributed by atoms with Gasteiger partial charge in [0, 0.05) is 30.9 Å². The summed E-state index contributed by atoms with van der Waals surface area (Å²) >= 11 is 0. The molecule has 1 aromatic heterocycles. The second kappa shape index (κ2) is 6.76. The van der Waals surface area contributed by atoms with Crippen LogP contribution in [-0.4, -0.2) is 14.9 Å². The molecule has 0 bridgehead atoms. The van der Waals surface area contributed by atoms with Gasteiger partial charge in [-0.3, -0.25) is 4.68 Å². The maximum atomic E-state index is 9.57. The molecule has 0 aliphatic heterocycles. The Labute approximate surface area is 126 Å². The van der Waals surface area contributed by atoms with Crippen LogP contribution in [0.2, 0.25) is 0 Å².